The number of aromatic amines is 1. The van der Waals surface area contributed by atoms with Crippen LogP contribution in [0.2, 0.25) is 0 Å². The van der Waals surface area contributed by atoms with E-state index in [1.807, 2.05) is 13.8 Å². The lowest BCUT2D eigenvalue weighted by Crippen LogP contribution is -2.14. The van der Waals surface area contributed by atoms with Crippen molar-refractivity contribution in [3.05, 3.63) is 53.9 Å². The third kappa shape index (κ3) is 4.21. The molecule has 0 aliphatic carbocycles. The summed E-state index contributed by atoms with van der Waals surface area (Å²) in [5, 5.41) is 0. The van der Waals surface area contributed by atoms with E-state index in [1.54, 1.807) is 42.6 Å². The third-order valence-electron chi connectivity index (χ3n) is 2.69. The summed E-state index contributed by atoms with van der Waals surface area (Å²) in [4.78, 5) is 26.3. The van der Waals surface area contributed by atoms with Crippen LogP contribution in [0.15, 0.2) is 42.6 Å². The first-order valence-electron chi connectivity index (χ1n) is 6.66. The van der Waals surface area contributed by atoms with E-state index in [2.05, 4.69) is 4.98 Å². The summed E-state index contributed by atoms with van der Waals surface area (Å²) in [6.07, 6.45) is 1.71. The van der Waals surface area contributed by atoms with Crippen LogP contribution in [0.4, 0.5) is 0 Å². The van der Waals surface area contributed by atoms with E-state index in [9.17, 15) is 9.59 Å². The lowest BCUT2D eigenvalue weighted by Gasteiger charge is -2.09. The van der Waals surface area contributed by atoms with Crippen LogP contribution in [-0.4, -0.2) is 29.4 Å². The average Bonchev–Trinajstić information content (AvgIpc) is 2.99. The predicted octanol–water partition coefficient (Wildman–Crippen LogP) is 2.84. The van der Waals surface area contributed by atoms with Crippen LogP contribution in [0.3, 0.4) is 0 Å². The van der Waals surface area contributed by atoms with Gasteiger partial charge in [-0.1, -0.05) is 0 Å². The maximum absolute atomic E-state index is 11.8. The molecule has 0 spiro atoms. The van der Waals surface area contributed by atoms with Crippen molar-refractivity contribution in [2.45, 2.75) is 20.0 Å². The molecular weight excluding hydrogens is 270 g/mol. The van der Waals surface area contributed by atoms with Crippen molar-refractivity contribution in [2.24, 2.45) is 0 Å². The fraction of sp³-hybridized carbons (Fsp3) is 0.250. The minimum atomic E-state index is -0.536. The van der Waals surface area contributed by atoms with Gasteiger partial charge in [0.05, 0.1) is 17.4 Å². The van der Waals surface area contributed by atoms with Crippen molar-refractivity contribution in [2.75, 3.05) is 6.61 Å². The van der Waals surface area contributed by atoms with E-state index < -0.39 is 5.97 Å². The van der Waals surface area contributed by atoms with Gasteiger partial charge in [-0.25, -0.2) is 4.79 Å². The fourth-order valence-electron chi connectivity index (χ4n) is 1.74. The molecule has 5 nitrogen and oxygen atoms in total. The summed E-state index contributed by atoms with van der Waals surface area (Å²) in [5.74, 6) is -0.122. The first-order valence-corrected chi connectivity index (χ1v) is 6.66. The second kappa shape index (κ2) is 6.74. The number of ether oxygens (including phenoxy) is 2. The van der Waals surface area contributed by atoms with Gasteiger partial charge in [-0.05, 0) is 50.2 Å². The normalized spacial score (nSPS) is 10.4. The number of esters is 1. The summed E-state index contributed by atoms with van der Waals surface area (Å²) in [6.45, 7) is 3.56. The van der Waals surface area contributed by atoms with Crippen molar-refractivity contribution < 1.29 is 19.1 Å². The van der Waals surface area contributed by atoms with E-state index in [0.717, 1.165) is 0 Å². The van der Waals surface area contributed by atoms with E-state index in [0.29, 0.717) is 17.0 Å². The van der Waals surface area contributed by atoms with Gasteiger partial charge in [-0.2, -0.15) is 0 Å². The summed E-state index contributed by atoms with van der Waals surface area (Å²) in [6, 6.07) is 9.96. The highest BCUT2D eigenvalue weighted by atomic mass is 16.5. The van der Waals surface area contributed by atoms with Crippen LogP contribution >= 0.6 is 0 Å². The standard InChI is InChI=1S/C16H17NO4/c1-11(2)21-13-7-5-12(6-8-13)16(19)20-10-15(18)14-4-3-9-17-14/h3-9,11,17H,10H2,1-2H3. The summed E-state index contributed by atoms with van der Waals surface area (Å²) in [5.41, 5.74) is 0.800. The molecule has 2 rings (SSSR count). The number of aromatic nitrogens is 1. The number of ketones is 1. The molecule has 0 saturated carbocycles. The van der Waals surface area contributed by atoms with Gasteiger partial charge in [-0.15, -0.1) is 0 Å². The van der Waals surface area contributed by atoms with Gasteiger partial charge in [0.25, 0.3) is 0 Å². The molecular formula is C16H17NO4. The molecule has 0 amide bonds. The zero-order valence-corrected chi connectivity index (χ0v) is 12.0. The number of carbonyl (C=O) groups is 2. The highest BCUT2D eigenvalue weighted by Crippen LogP contribution is 2.14. The molecule has 110 valence electrons. The Hall–Kier alpha value is -2.56. The van der Waals surface area contributed by atoms with Crippen molar-refractivity contribution in [1.82, 2.24) is 4.98 Å². The number of hydrogen-bond acceptors (Lipinski definition) is 4. The number of rotatable bonds is 6. The second-order valence-corrected chi connectivity index (χ2v) is 4.77. The number of hydrogen-bond donors (Lipinski definition) is 1. The van der Waals surface area contributed by atoms with Crippen LogP contribution in [0.25, 0.3) is 0 Å². The lowest BCUT2D eigenvalue weighted by molar-refractivity contribution is 0.0473. The molecule has 1 aromatic carbocycles. The Morgan fingerprint density at radius 3 is 2.43 bits per heavy atom. The molecule has 0 aliphatic heterocycles. The van der Waals surface area contributed by atoms with Gasteiger partial charge in [-0.3, -0.25) is 4.79 Å². The Balaban J connectivity index is 1.90. The van der Waals surface area contributed by atoms with E-state index in [4.69, 9.17) is 9.47 Å². The molecule has 5 heteroatoms. The Bertz CT molecular complexity index is 600. The van der Waals surface area contributed by atoms with Crippen LogP contribution in [0, 0.1) is 0 Å². The van der Waals surface area contributed by atoms with Gasteiger partial charge in [0.15, 0.2) is 6.61 Å². The fourth-order valence-corrected chi connectivity index (χ4v) is 1.74. The maximum atomic E-state index is 11.8. The third-order valence-corrected chi connectivity index (χ3v) is 2.69. The highest BCUT2D eigenvalue weighted by molar-refractivity contribution is 5.98. The van der Waals surface area contributed by atoms with Gasteiger partial charge in [0.1, 0.15) is 5.75 Å². The van der Waals surface area contributed by atoms with Gasteiger partial charge in [0.2, 0.25) is 5.78 Å². The van der Waals surface area contributed by atoms with Crippen LogP contribution in [-0.2, 0) is 4.74 Å². The first-order chi connectivity index (χ1) is 10.1. The topological polar surface area (TPSA) is 68.4 Å². The molecule has 1 heterocycles. The summed E-state index contributed by atoms with van der Waals surface area (Å²) < 4.78 is 10.5. The molecule has 0 unspecified atom stereocenters. The molecule has 2 aromatic rings. The van der Waals surface area contributed by atoms with Crippen molar-refractivity contribution in [1.29, 1.82) is 0 Å². The van der Waals surface area contributed by atoms with Crippen molar-refractivity contribution in [3.63, 3.8) is 0 Å². The molecule has 0 radical (unpaired) electrons. The van der Waals surface area contributed by atoms with Gasteiger partial charge >= 0.3 is 5.97 Å². The minimum absolute atomic E-state index is 0.0706. The van der Waals surface area contributed by atoms with Gasteiger partial charge < -0.3 is 14.5 Å². The number of Topliss-reactive ketones (excluding diaryl/α,β-unsaturated/α-hetero) is 1. The molecule has 0 aliphatic rings. The zero-order chi connectivity index (χ0) is 15.2. The molecule has 21 heavy (non-hydrogen) atoms. The highest BCUT2D eigenvalue weighted by Gasteiger charge is 2.12. The largest absolute Gasteiger partial charge is 0.491 e. The molecule has 1 aromatic heterocycles. The predicted molar refractivity (Wildman–Crippen MR) is 77.6 cm³/mol. The number of carbonyl (C=O) groups excluding carboxylic acids is 2. The smallest absolute Gasteiger partial charge is 0.338 e. The van der Waals surface area contributed by atoms with Crippen LogP contribution in [0.5, 0.6) is 5.75 Å². The number of nitrogens with one attached hydrogen (secondary N) is 1. The minimum Gasteiger partial charge on any atom is -0.491 e. The molecule has 0 saturated heterocycles. The van der Waals surface area contributed by atoms with Crippen LogP contribution in [0.1, 0.15) is 34.7 Å². The molecule has 0 bridgehead atoms. The average molecular weight is 287 g/mol. The molecule has 1 N–H and O–H groups in total. The Labute approximate surface area is 122 Å². The lowest BCUT2D eigenvalue weighted by atomic mass is 10.2. The second-order valence-electron chi connectivity index (χ2n) is 4.77. The first kappa shape index (κ1) is 14.8. The number of benzene rings is 1. The Kier molecular flexibility index (Phi) is 4.77. The summed E-state index contributed by atoms with van der Waals surface area (Å²) in [7, 11) is 0. The van der Waals surface area contributed by atoms with E-state index in [1.165, 1.54) is 0 Å². The van der Waals surface area contributed by atoms with Crippen molar-refractivity contribution in [3.8, 4) is 5.75 Å². The van der Waals surface area contributed by atoms with E-state index in [-0.39, 0.29) is 18.5 Å². The number of H-pyrrole nitrogens is 1. The molecule has 0 atom stereocenters. The zero-order valence-electron chi connectivity index (χ0n) is 12.0. The van der Waals surface area contributed by atoms with Crippen molar-refractivity contribution >= 4 is 11.8 Å². The molecule has 0 fully saturated rings. The van der Waals surface area contributed by atoms with E-state index >= 15 is 0 Å². The van der Waals surface area contributed by atoms with Gasteiger partial charge in [0, 0.05) is 6.20 Å². The SMILES string of the molecule is CC(C)Oc1ccc(C(=O)OCC(=O)c2ccc[nH]2)cc1. The van der Waals surface area contributed by atoms with Crippen LogP contribution < -0.4 is 4.74 Å². The Morgan fingerprint density at radius 1 is 1.14 bits per heavy atom. The summed E-state index contributed by atoms with van der Waals surface area (Å²) >= 11 is 0. The quantitative estimate of drug-likeness (QED) is 0.655. The Morgan fingerprint density at radius 2 is 1.86 bits per heavy atom. The maximum Gasteiger partial charge on any atom is 0.338 e. The monoisotopic (exact) mass is 287 g/mol.